The molecule has 2 heterocycles. The Labute approximate surface area is 160 Å². The highest BCUT2D eigenvalue weighted by Gasteiger charge is 2.25. The van der Waals surface area contributed by atoms with Gasteiger partial charge in [-0.1, -0.05) is 18.2 Å². The van der Waals surface area contributed by atoms with Crippen LogP contribution in [-0.2, 0) is 6.61 Å². The molecule has 1 aromatic carbocycles. The number of aromatic hydroxyl groups is 1. The van der Waals surface area contributed by atoms with E-state index in [4.69, 9.17) is 4.74 Å². The molecule has 1 aliphatic rings. The zero-order valence-corrected chi connectivity index (χ0v) is 15.9. The second kappa shape index (κ2) is 8.97. The number of hydrogen-bond donors (Lipinski definition) is 2. The topological polar surface area (TPSA) is 78.2 Å². The van der Waals surface area contributed by atoms with Gasteiger partial charge in [-0.2, -0.15) is 0 Å². The summed E-state index contributed by atoms with van der Waals surface area (Å²) >= 11 is 0. The van der Waals surface area contributed by atoms with Crippen molar-refractivity contribution in [3.05, 3.63) is 52.8 Å². The quantitative estimate of drug-likeness (QED) is 0.734. The number of benzene rings is 1. The highest BCUT2D eigenvalue weighted by Crippen LogP contribution is 2.32. The van der Waals surface area contributed by atoms with Crippen LogP contribution in [0.2, 0.25) is 0 Å². The molecule has 6 nitrogen and oxygen atoms in total. The van der Waals surface area contributed by atoms with Gasteiger partial charge in [0.25, 0.3) is 0 Å². The number of hydrogen-bond acceptors (Lipinski definition) is 6. The van der Waals surface area contributed by atoms with Gasteiger partial charge in [0.2, 0.25) is 0 Å². The molecule has 1 fully saturated rings. The van der Waals surface area contributed by atoms with E-state index in [1.54, 1.807) is 26.4 Å². The minimum absolute atomic E-state index is 0.0697. The minimum atomic E-state index is -0.190. The number of methoxy groups -OCH3 is 1. The molecule has 2 aromatic rings. The third-order valence-corrected chi connectivity index (χ3v) is 5.11. The lowest BCUT2D eigenvalue weighted by atomic mass is 10.0. The maximum absolute atomic E-state index is 10.3. The first-order chi connectivity index (χ1) is 13.2. The first-order valence-electron chi connectivity index (χ1n) is 9.30. The molecule has 0 spiro atoms. The van der Waals surface area contributed by atoms with Crippen molar-refractivity contribution in [3.8, 4) is 11.5 Å². The van der Waals surface area contributed by atoms with Crippen molar-refractivity contribution in [1.29, 1.82) is 0 Å². The van der Waals surface area contributed by atoms with Crippen LogP contribution in [0, 0.1) is 6.92 Å². The summed E-state index contributed by atoms with van der Waals surface area (Å²) in [5.74, 6) is 0.934. The van der Waals surface area contributed by atoms with Crippen molar-refractivity contribution < 1.29 is 14.9 Å². The van der Waals surface area contributed by atoms with Gasteiger partial charge in [-0.05, 0) is 38.9 Å². The lowest BCUT2D eigenvalue weighted by Crippen LogP contribution is -2.28. The first kappa shape index (κ1) is 19.3. The molecule has 0 aliphatic carbocycles. The number of aliphatic imine (C=N–C) groups is 1. The van der Waals surface area contributed by atoms with Crippen LogP contribution < -0.4 is 4.74 Å². The number of aryl methyl sites for hydroxylation is 1. The fourth-order valence-corrected chi connectivity index (χ4v) is 3.57. The van der Waals surface area contributed by atoms with Crippen molar-refractivity contribution in [2.24, 2.45) is 4.99 Å². The van der Waals surface area contributed by atoms with Crippen molar-refractivity contribution in [2.45, 2.75) is 32.4 Å². The molecule has 1 saturated heterocycles. The second-order valence-electron chi connectivity index (χ2n) is 6.78. The van der Waals surface area contributed by atoms with Crippen LogP contribution in [0.25, 0.3) is 0 Å². The molecule has 1 atom stereocenters. The Morgan fingerprint density at radius 3 is 2.74 bits per heavy atom. The summed E-state index contributed by atoms with van der Waals surface area (Å²) in [5.41, 5.74) is 2.74. The molecule has 0 unspecified atom stereocenters. The molecule has 3 rings (SSSR count). The average Bonchev–Trinajstić information content (AvgIpc) is 3.23. The molecule has 1 aromatic heterocycles. The number of rotatable bonds is 7. The number of para-hydroxylation sites is 1. The Balaban J connectivity index is 1.88. The molecule has 1 aliphatic heterocycles. The lowest BCUT2D eigenvalue weighted by Gasteiger charge is -2.27. The maximum atomic E-state index is 10.3. The molecule has 2 N–H and O–H groups in total. The number of pyridine rings is 1. The number of aliphatic hydroxyl groups excluding tert-OH is 1. The van der Waals surface area contributed by atoms with E-state index in [0.29, 0.717) is 23.4 Å². The van der Waals surface area contributed by atoms with Crippen molar-refractivity contribution >= 4 is 6.21 Å². The molecular weight excluding hydrogens is 342 g/mol. The molecule has 27 heavy (non-hydrogen) atoms. The van der Waals surface area contributed by atoms with Gasteiger partial charge in [0, 0.05) is 29.1 Å². The lowest BCUT2D eigenvalue weighted by molar-refractivity contribution is 0.246. The van der Waals surface area contributed by atoms with E-state index in [0.717, 1.165) is 24.4 Å². The van der Waals surface area contributed by atoms with Crippen LogP contribution in [0.15, 0.2) is 35.5 Å². The fourth-order valence-electron chi connectivity index (χ4n) is 3.57. The van der Waals surface area contributed by atoms with Crippen LogP contribution in [0.5, 0.6) is 11.5 Å². The molecule has 0 radical (unpaired) electrons. The van der Waals surface area contributed by atoms with Gasteiger partial charge in [-0.15, -0.1) is 0 Å². The summed E-state index contributed by atoms with van der Waals surface area (Å²) in [7, 11) is 1.69. The number of likely N-dealkylation sites (tertiary alicyclic amines) is 1. The Morgan fingerprint density at radius 2 is 2.04 bits per heavy atom. The molecule has 6 heteroatoms. The number of aliphatic hydroxyl groups is 1. The Hall–Kier alpha value is -2.44. The number of nitrogens with zero attached hydrogens (tertiary/aromatic N) is 3. The van der Waals surface area contributed by atoms with Crippen molar-refractivity contribution in [2.75, 3.05) is 26.7 Å². The predicted octanol–water partition coefficient (Wildman–Crippen LogP) is 2.85. The van der Waals surface area contributed by atoms with Gasteiger partial charge in [-0.3, -0.25) is 14.9 Å². The van der Waals surface area contributed by atoms with E-state index in [9.17, 15) is 10.2 Å². The highest BCUT2D eigenvalue weighted by molar-refractivity contribution is 5.85. The summed E-state index contributed by atoms with van der Waals surface area (Å²) in [4.78, 5) is 11.1. The Kier molecular flexibility index (Phi) is 6.42. The Bertz CT molecular complexity index is 801. The van der Waals surface area contributed by atoms with Gasteiger partial charge in [0.05, 0.1) is 32.0 Å². The largest absolute Gasteiger partial charge is 0.505 e. The number of ether oxygens (including phenoxy) is 1. The predicted molar refractivity (Wildman–Crippen MR) is 106 cm³/mol. The van der Waals surface area contributed by atoms with E-state index in [2.05, 4.69) is 20.9 Å². The van der Waals surface area contributed by atoms with E-state index in [1.165, 1.54) is 12.8 Å². The number of aromatic nitrogens is 1. The third-order valence-electron chi connectivity index (χ3n) is 5.11. The van der Waals surface area contributed by atoms with Gasteiger partial charge in [0.15, 0.2) is 0 Å². The van der Waals surface area contributed by atoms with Crippen LogP contribution in [-0.4, -0.2) is 53.1 Å². The standard InChI is InChI=1S/C21H27N3O3/c1-15-21(26)18(16(14-25)11-23-15)12-22-13-19(24-9-5-6-10-24)17-7-3-4-8-20(17)27-2/h3-4,7-8,11-12,19,25-26H,5-6,9-10,13-14H2,1-2H3/t19-/m1/s1. The van der Waals surface area contributed by atoms with E-state index in [-0.39, 0.29) is 18.4 Å². The normalized spacial score (nSPS) is 16.1. The third kappa shape index (κ3) is 4.28. The summed E-state index contributed by atoms with van der Waals surface area (Å²) in [6.45, 7) is 4.17. The summed E-state index contributed by atoms with van der Waals surface area (Å²) in [6, 6.07) is 8.17. The summed E-state index contributed by atoms with van der Waals surface area (Å²) in [6.07, 6.45) is 5.60. The smallest absolute Gasteiger partial charge is 0.145 e. The minimum Gasteiger partial charge on any atom is -0.505 e. The summed E-state index contributed by atoms with van der Waals surface area (Å²) < 4.78 is 5.56. The average molecular weight is 369 g/mol. The van der Waals surface area contributed by atoms with Crippen LogP contribution in [0.4, 0.5) is 0 Å². The van der Waals surface area contributed by atoms with Gasteiger partial charge in [0.1, 0.15) is 11.5 Å². The fraction of sp³-hybridized carbons (Fsp3) is 0.429. The van der Waals surface area contributed by atoms with E-state index in [1.807, 2.05) is 18.2 Å². The molecule has 0 bridgehead atoms. The highest BCUT2D eigenvalue weighted by atomic mass is 16.5. The monoisotopic (exact) mass is 369 g/mol. The van der Waals surface area contributed by atoms with Gasteiger partial charge in [-0.25, -0.2) is 0 Å². The summed E-state index contributed by atoms with van der Waals surface area (Å²) in [5, 5.41) is 19.8. The molecule has 144 valence electrons. The second-order valence-corrected chi connectivity index (χ2v) is 6.78. The zero-order chi connectivity index (χ0) is 19.2. The first-order valence-corrected chi connectivity index (χ1v) is 9.30. The van der Waals surface area contributed by atoms with Crippen LogP contribution in [0.3, 0.4) is 0 Å². The van der Waals surface area contributed by atoms with Crippen molar-refractivity contribution in [3.63, 3.8) is 0 Å². The van der Waals surface area contributed by atoms with Crippen molar-refractivity contribution in [1.82, 2.24) is 9.88 Å². The van der Waals surface area contributed by atoms with Crippen LogP contribution in [0.1, 0.15) is 41.3 Å². The SMILES string of the molecule is COc1ccccc1[C@@H](CN=Cc1c(CO)cnc(C)c1O)N1CCCC1. The van der Waals surface area contributed by atoms with Gasteiger partial charge < -0.3 is 14.9 Å². The maximum Gasteiger partial charge on any atom is 0.145 e. The van der Waals surface area contributed by atoms with E-state index >= 15 is 0 Å². The molecule has 0 saturated carbocycles. The zero-order valence-electron chi connectivity index (χ0n) is 15.9. The molecule has 0 amide bonds. The molecular formula is C21H27N3O3. The van der Waals surface area contributed by atoms with E-state index < -0.39 is 0 Å². The Morgan fingerprint density at radius 1 is 1.30 bits per heavy atom. The van der Waals surface area contributed by atoms with Crippen LogP contribution >= 0.6 is 0 Å². The van der Waals surface area contributed by atoms with Gasteiger partial charge >= 0.3 is 0 Å².